The predicted octanol–water partition coefficient (Wildman–Crippen LogP) is 1.30. The number of aliphatic carboxylic acids is 1. The molecule has 0 aliphatic rings. The van der Waals surface area contributed by atoms with Crippen LogP contribution in [0.4, 0.5) is 0 Å². The number of hydrogen-bond donors (Lipinski definition) is 2. The first-order chi connectivity index (χ1) is 13.0. The number of carboxylic acid groups (broad SMARTS) is 1. The van der Waals surface area contributed by atoms with Crippen LogP contribution in [0.15, 0.2) is 71.7 Å². The minimum Gasteiger partial charge on any atom is -0.474 e. The van der Waals surface area contributed by atoms with Gasteiger partial charge in [-0.1, -0.05) is 60.7 Å². The number of hydrogen-bond acceptors (Lipinski definition) is 5. The first kappa shape index (κ1) is 17.7. The third kappa shape index (κ3) is 3.79. The minimum absolute atomic E-state index is 0.0395. The summed E-state index contributed by atoms with van der Waals surface area (Å²) in [6.07, 6.45) is 1.08. The first-order valence-corrected chi connectivity index (χ1v) is 7.80. The van der Waals surface area contributed by atoms with Crippen LogP contribution in [0.3, 0.4) is 0 Å². The van der Waals surface area contributed by atoms with Crippen LogP contribution in [-0.2, 0) is 9.59 Å². The molecule has 0 aliphatic carbocycles. The molecule has 0 bridgehead atoms. The third-order valence-electron chi connectivity index (χ3n) is 3.67. The molecule has 0 saturated carbocycles. The Kier molecular flexibility index (Phi) is 4.89. The number of nitrogens with one attached hydrogen (secondary N) is 1. The Labute approximate surface area is 152 Å². The summed E-state index contributed by atoms with van der Waals surface area (Å²) >= 11 is 0. The molecule has 1 heterocycles. The average molecular weight is 363 g/mol. The second-order valence-corrected chi connectivity index (χ2v) is 5.46. The van der Waals surface area contributed by atoms with E-state index in [-0.39, 0.29) is 11.3 Å². The van der Waals surface area contributed by atoms with E-state index < -0.39 is 23.3 Å². The van der Waals surface area contributed by atoms with Crippen LogP contribution in [0.1, 0.15) is 15.9 Å². The highest BCUT2D eigenvalue weighted by Crippen LogP contribution is 2.22. The lowest BCUT2D eigenvalue weighted by Gasteiger charge is -2.12. The van der Waals surface area contributed by atoms with Gasteiger partial charge >= 0.3 is 17.6 Å². The van der Waals surface area contributed by atoms with Gasteiger partial charge in [-0.05, 0) is 0 Å². The van der Waals surface area contributed by atoms with Crippen LogP contribution in [0.25, 0.3) is 11.3 Å². The molecule has 1 amide bonds. The van der Waals surface area contributed by atoms with E-state index in [1.807, 2.05) is 5.43 Å². The van der Waals surface area contributed by atoms with Gasteiger partial charge in [0.25, 0.3) is 0 Å². The molecule has 8 nitrogen and oxygen atoms in total. The predicted molar refractivity (Wildman–Crippen MR) is 95.8 cm³/mol. The molecule has 3 aromatic rings. The number of carbonyl (C=O) groups excluding carboxylic acids is 2. The van der Waals surface area contributed by atoms with Crippen molar-refractivity contribution >= 4 is 17.7 Å². The van der Waals surface area contributed by atoms with Gasteiger partial charge in [0.2, 0.25) is 0 Å². The first-order valence-electron chi connectivity index (χ1n) is 7.80. The number of amides is 1. The number of carboxylic acids is 1. The van der Waals surface area contributed by atoms with Crippen molar-refractivity contribution in [1.82, 2.24) is 9.66 Å². The van der Waals surface area contributed by atoms with E-state index in [2.05, 4.69) is 4.98 Å². The second kappa shape index (κ2) is 7.44. The van der Waals surface area contributed by atoms with E-state index in [1.54, 1.807) is 60.7 Å². The zero-order chi connectivity index (χ0) is 19.4. The van der Waals surface area contributed by atoms with Gasteiger partial charge in [0.15, 0.2) is 5.78 Å². The van der Waals surface area contributed by atoms with Crippen LogP contribution in [0, 0.1) is 0 Å². The van der Waals surface area contributed by atoms with Crippen molar-refractivity contribution in [3.8, 4) is 11.3 Å². The molecule has 0 fully saturated rings. The van der Waals surface area contributed by atoms with E-state index in [1.165, 1.54) is 0 Å². The van der Waals surface area contributed by atoms with Crippen LogP contribution < -0.4 is 11.1 Å². The maximum Gasteiger partial charge on any atom is 0.396 e. The van der Waals surface area contributed by atoms with Crippen molar-refractivity contribution in [3.63, 3.8) is 0 Å². The fourth-order valence-corrected chi connectivity index (χ4v) is 2.42. The molecule has 0 radical (unpaired) electrons. The van der Waals surface area contributed by atoms with E-state index >= 15 is 0 Å². The number of aromatic nitrogens is 2. The van der Waals surface area contributed by atoms with Crippen molar-refractivity contribution in [2.24, 2.45) is 0 Å². The lowest BCUT2D eigenvalue weighted by Crippen LogP contribution is -2.38. The zero-order valence-electron chi connectivity index (χ0n) is 13.8. The summed E-state index contributed by atoms with van der Waals surface area (Å²) in [6.45, 7) is 0. The van der Waals surface area contributed by atoms with Gasteiger partial charge in [-0.3, -0.25) is 9.59 Å². The molecular weight excluding hydrogens is 350 g/mol. The van der Waals surface area contributed by atoms with Gasteiger partial charge in [-0.2, -0.15) is 4.98 Å². The summed E-state index contributed by atoms with van der Waals surface area (Å²) in [5.74, 6) is -3.63. The molecule has 8 heteroatoms. The third-order valence-corrected chi connectivity index (χ3v) is 3.67. The minimum atomic E-state index is -1.77. The topological polar surface area (TPSA) is 118 Å². The quantitative estimate of drug-likeness (QED) is 0.533. The number of carbonyl (C=O) groups is 3. The molecule has 0 unspecified atom stereocenters. The molecule has 27 heavy (non-hydrogen) atoms. The summed E-state index contributed by atoms with van der Waals surface area (Å²) in [5, 5.41) is 8.71. The van der Waals surface area contributed by atoms with E-state index in [0.717, 1.165) is 6.20 Å². The number of ketones is 1. The Balaban J connectivity index is 2.17. The summed E-state index contributed by atoms with van der Waals surface area (Å²) in [5.41, 5.74) is 2.02. The van der Waals surface area contributed by atoms with Crippen LogP contribution in [0.2, 0.25) is 0 Å². The standard InChI is InChI=1S/C19H13N3O5/c23-16(13-9-5-2-6-10-13)14-11-22(21-17(24)18(25)26)19(27)20-15(14)12-7-3-1-4-8-12/h1-11H,(H,21,24)(H,25,26). The Morgan fingerprint density at radius 1 is 0.926 bits per heavy atom. The van der Waals surface area contributed by atoms with Gasteiger partial charge in [0, 0.05) is 17.3 Å². The maximum absolute atomic E-state index is 12.9. The molecule has 0 aliphatic heterocycles. The highest BCUT2D eigenvalue weighted by Gasteiger charge is 2.20. The highest BCUT2D eigenvalue weighted by molar-refractivity contribution is 6.34. The van der Waals surface area contributed by atoms with Crippen molar-refractivity contribution in [2.75, 3.05) is 5.43 Å². The molecule has 0 saturated heterocycles. The Morgan fingerprint density at radius 2 is 1.52 bits per heavy atom. The lowest BCUT2D eigenvalue weighted by molar-refractivity contribution is -0.148. The summed E-state index contributed by atoms with van der Waals surface area (Å²) in [4.78, 5) is 51.2. The molecular formula is C19H13N3O5. The largest absolute Gasteiger partial charge is 0.474 e. The number of benzene rings is 2. The highest BCUT2D eigenvalue weighted by atomic mass is 16.4. The van der Waals surface area contributed by atoms with Gasteiger partial charge in [-0.25, -0.2) is 19.7 Å². The van der Waals surface area contributed by atoms with E-state index in [0.29, 0.717) is 15.8 Å². The fourth-order valence-electron chi connectivity index (χ4n) is 2.42. The molecule has 0 atom stereocenters. The van der Waals surface area contributed by atoms with Crippen molar-refractivity contribution < 1.29 is 19.5 Å². The van der Waals surface area contributed by atoms with E-state index in [9.17, 15) is 19.2 Å². The van der Waals surface area contributed by atoms with Crippen molar-refractivity contribution in [3.05, 3.63) is 88.5 Å². The number of nitrogens with zero attached hydrogens (tertiary/aromatic N) is 2. The number of rotatable bonds is 4. The lowest BCUT2D eigenvalue weighted by atomic mass is 9.99. The fraction of sp³-hybridized carbons (Fsp3) is 0. The molecule has 3 rings (SSSR count). The van der Waals surface area contributed by atoms with Crippen LogP contribution >= 0.6 is 0 Å². The summed E-state index contributed by atoms with van der Waals surface area (Å²) in [6, 6.07) is 16.9. The smallest absolute Gasteiger partial charge is 0.396 e. The normalized spacial score (nSPS) is 10.2. The Bertz CT molecular complexity index is 1080. The Hall–Kier alpha value is -4.07. The van der Waals surface area contributed by atoms with Gasteiger partial charge in [0.1, 0.15) is 0 Å². The Morgan fingerprint density at radius 3 is 2.11 bits per heavy atom. The van der Waals surface area contributed by atoms with Crippen LogP contribution in [0.5, 0.6) is 0 Å². The molecule has 2 N–H and O–H groups in total. The molecule has 1 aromatic heterocycles. The molecule has 2 aromatic carbocycles. The average Bonchev–Trinajstić information content (AvgIpc) is 2.70. The summed E-state index contributed by atoms with van der Waals surface area (Å²) < 4.78 is 0.582. The van der Waals surface area contributed by atoms with Crippen molar-refractivity contribution in [1.29, 1.82) is 0 Å². The summed E-state index contributed by atoms with van der Waals surface area (Å²) in [7, 11) is 0. The molecule has 134 valence electrons. The van der Waals surface area contributed by atoms with Gasteiger partial charge in [0.05, 0.1) is 11.3 Å². The van der Waals surface area contributed by atoms with Gasteiger partial charge < -0.3 is 5.11 Å². The monoisotopic (exact) mass is 363 g/mol. The maximum atomic E-state index is 12.9. The van der Waals surface area contributed by atoms with Crippen molar-refractivity contribution in [2.45, 2.75) is 0 Å². The zero-order valence-corrected chi connectivity index (χ0v) is 13.8. The second-order valence-electron chi connectivity index (χ2n) is 5.46. The van der Waals surface area contributed by atoms with Gasteiger partial charge in [-0.15, -0.1) is 0 Å². The molecule has 0 spiro atoms. The SMILES string of the molecule is O=C(O)C(=O)Nn1cc(C(=O)c2ccccc2)c(-c2ccccc2)nc1=O. The van der Waals surface area contributed by atoms with Crippen LogP contribution in [-0.4, -0.2) is 32.4 Å². The van der Waals surface area contributed by atoms with E-state index in [4.69, 9.17) is 5.11 Å².